The molecule has 2 heteroatoms. The zero-order chi connectivity index (χ0) is 11.4. The minimum absolute atomic E-state index is 0.603. The molecule has 0 amide bonds. The van der Waals surface area contributed by atoms with Gasteiger partial charge in [0, 0.05) is 25.0 Å². The van der Waals surface area contributed by atoms with Crippen LogP contribution in [0.5, 0.6) is 0 Å². The van der Waals surface area contributed by atoms with Gasteiger partial charge in [0.15, 0.2) is 0 Å². The summed E-state index contributed by atoms with van der Waals surface area (Å²) in [7, 11) is 0. The minimum atomic E-state index is 0.603. The first-order chi connectivity index (χ1) is 7.85. The van der Waals surface area contributed by atoms with E-state index < -0.39 is 0 Å². The highest BCUT2D eigenvalue weighted by Gasteiger charge is 2.34. The van der Waals surface area contributed by atoms with Crippen molar-refractivity contribution in [3.8, 4) is 12.3 Å². The number of hydrogen-bond donors (Lipinski definition) is 1. The standard InChI is InChI=1S/C14H24N2/c1-3-6-13(4-2)16-10-5-9-15-14(11-16)12-7-8-12/h1,12-15H,4-11H2,2H3. The maximum Gasteiger partial charge on any atom is 0.0242 e. The molecular formula is C14H24N2. The molecule has 90 valence electrons. The lowest BCUT2D eigenvalue weighted by molar-refractivity contribution is 0.185. The molecule has 1 aliphatic carbocycles. The van der Waals surface area contributed by atoms with E-state index in [1.807, 2.05) is 0 Å². The van der Waals surface area contributed by atoms with Gasteiger partial charge in [0.2, 0.25) is 0 Å². The summed E-state index contributed by atoms with van der Waals surface area (Å²) < 4.78 is 0. The zero-order valence-corrected chi connectivity index (χ0v) is 10.4. The molecule has 0 bridgehead atoms. The molecule has 1 saturated carbocycles. The predicted octanol–water partition coefficient (Wildman–Crippen LogP) is 1.86. The van der Waals surface area contributed by atoms with Crippen molar-refractivity contribution in [1.29, 1.82) is 0 Å². The molecule has 2 nitrogen and oxygen atoms in total. The lowest BCUT2D eigenvalue weighted by Gasteiger charge is -2.31. The molecule has 0 aromatic carbocycles. The monoisotopic (exact) mass is 220 g/mol. The molecule has 0 radical (unpaired) electrons. The fraction of sp³-hybridized carbons (Fsp3) is 0.857. The van der Waals surface area contributed by atoms with Gasteiger partial charge in [0.25, 0.3) is 0 Å². The van der Waals surface area contributed by atoms with E-state index in [0.29, 0.717) is 6.04 Å². The van der Waals surface area contributed by atoms with Crippen LogP contribution in [0.1, 0.15) is 39.0 Å². The Hall–Kier alpha value is -0.520. The second kappa shape index (κ2) is 5.70. The molecule has 2 unspecified atom stereocenters. The maximum atomic E-state index is 5.47. The van der Waals surface area contributed by atoms with Crippen molar-refractivity contribution in [3.63, 3.8) is 0 Å². The van der Waals surface area contributed by atoms with Gasteiger partial charge < -0.3 is 5.32 Å². The van der Waals surface area contributed by atoms with Crippen LogP contribution in [0.2, 0.25) is 0 Å². The van der Waals surface area contributed by atoms with Gasteiger partial charge in [-0.3, -0.25) is 4.90 Å². The number of terminal acetylenes is 1. The van der Waals surface area contributed by atoms with E-state index >= 15 is 0 Å². The molecule has 2 aliphatic rings. The van der Waals surface area contributed by atoms with Crippen LogP contribution in [0, 0.1) is 18.3 Å². The first-order valence-corrected chi connectivity index (χ1v) is 6.76. The largest absolute Gasteiger partial charge is 0.312 e. The number of nitrogens with zero attached hydrogens (tertiary/aromatic N) is 1. The first-order valence-electron chi connectivity index (χ1n) is 6.76. The van der Waals surface area contributed by atoms with Crippen LogP contribution < -0.4 is 5.32 Å². The van der Waals surface area contributed by atoms with Crippen molar-refractivity contribution >= 4 is 0 Å². The Morgan fingerprint density at radius 1 is 1.50 bits per heavy atom. The van der Waals surface area contributed by atoms with Crippen LogP contribution in [0.15, 0.2) is 0 Å². The van der Waals surface area contributed by atoms with Crippen molar-refractivity contribution < 1.29 is 0 Å². The van der Waals surface area contributed by atoms with Gasteiger partial charge in [0.05, 0.1) is 0 Å². The van der Waals surface area contributed by atoms with Crippen molar-refractivity contribution in [3.05, 3.63) is 0 Å². The third-order valence-corrected chi connectivity index (χ3v) is 3.99. The molecule has 0 aromatic rings. The third kappa shape index (κ3) is 2.99. The molecule has 1 N–H and O–H groups in total. The lowest BCUT2D eigenvalue weighted by atomic mass is 10.1. The zero-order valence-electron chi connectivity index (χ0n) is 10.4. The first kappa shape index (κ1) is 12.0. The van der Waals surface area contributed by atoms with Gasteiger partial charge in [-0.05, 0) is 44.7 Å². The van der Waals surface area contributed by atoms with Crippen molar-refractivity contribution in [2.24, 2.45) is 5.92 Å². The topological polar surface area (TPSA) is 15.3 Å². The summed E-state index contributed by atoms with van der Waals surface area (Å²) >= 11 is 0. The summed E-state index contributed by atoms with van der Waals surface area (Å²) in [6.07, 6.45) is 11.7. The summed E-state index contributed by atoms with van der Waals surface area (Å²) in [6, 6.07) is 1.33. The SMILES string of the molecule is C#CCC(CC)N1CCCNC(C2CC2)C1. The van der Waals surface area contributed by atoms with Gasteiger partial charge in [-0.15, -0.1) is 12.3 Å². The Labute approximate surface area is 99.8 Å². The maximum absolute atomic E-state index is 5.47. The minimum Gasteiger partial charge on any atom is -0.312 e. The summed E-state index contributed by atoms with van der Waals surface area (Å²) in [4.78, 5) is 2.63. The molecule has 2 atom stereocenters. The molecular weight excluding hydrogens is 196 g/mol. The van der Waals surface area contributed by atoms with Crippen LogP contribution >= 0.6 is 0 Å². The van der Waals surface area contributed by atoms with Crippen molar-refractivity contribution in [2.45, 2.75) is 51.1 Å². The van der Waals surface area contributed by atoms with Crippen LogP contribution in [-0.4, -0.2) is 36.6 Å². The van der Waals surface area contributed by atoms with Gasteiger partial charge in [0.1, 0.15) is 0 Å². The van der Waals surface area contributed by atoms with Crippen molar-refractivity contribution in [1.82, 2.24) is 10.2 Å². The number of rotatable bonds is 4. The average molecular weight is 220 g/mol. The molecule has 1 heterocycles. The van der Waals surface area contributed by atoms with Gasteiger partial charge >= 0.3 is 0 Å². The Kier molecular flexibility index (Phi) is 4.26. The Balaban J connectivity index is 1.92. The van der Waals surface area contributed by atoms with Crippen LogP contribution in [0.4, 0.5) is 0 Å². The predicted molar refractivity (Wildman–Crippen MR) is 68.2 cm³/mol. The summed E-state index contributed by atoms with van der Waals surface area (Å²) in [5.74, 6) is 3.78. The second-order valence-electron chi connectivity index (χ2n) is 5.22. The molecule has 1 saturated heterocycles. The summed E-state index contributed by atoms with van der Waals surface area (Å²) in [5.41, 5.74) is 0. The molecule has 2 rings (SSSR count). The molecule has 0 spiro atoms. The van der Waals surface area contributed by atoms with E-state index in [0.717, 1.165) is 18.4 Å². The highest BCUT2D eigenvalue weighted by molar-refractivity contribution is 4.95. The van der Waals surface area contributed by atoms with E-state index in [2.05, 4.69) is 23.1 Å². The van der Waals surface area contributed by atoms with E-state index in [1.54, 1.807) is 0 Å². The Bertz CT molecular complexity index is 252. The second-order valence-corrected chi connectivity index (χ2v) is 5.22. The van der Waals surface area contributed by atoms with E-state index in [1.165, 1.54) is 45.3 Å². The molecule has 0 aromatic heterocycles. The highest BCUT2D eigenvalue weighted by Crippen LogP contribution is 2.34. The quantitative estimate of drug-likeness (QED) is 0.728. The molecule has 1 aliphatic heterocycles. The van der Waals surface area contributed by atoms with Gasteiger partial charge in [-0.2, -0.15) is 0 Å². The summed E-state index contributed by atoms with van der Waals surface area (Å²) in [6.45, 7) is 5.87. The summed E-state index contributed by atoms with van der Waals surface area (Å²) in [5, 5.41) is 3.70. The van der Waals surface area contributed by atoms with E-state index in [9.17, 15) is 0 Å². The third-order valence-electron chi connectivity index (χ3n) is 3.99. The van der Waals surface area contributed by atoms with Gasteiger partial charge in [-0.25, -0.2) is 0 Å². The fourth-order valence-corrected chi connectivity index (χ4v) is 2.79. The van der Waals surface area contributed by atoms with Gasteiger partial charge in [-0.1, -0.05) is 6.92 Å². The number of hydrogen-bond acceptors (Lipinski definition) is 2. The smallest absolute Gasteiger partial charge is 0.0242 e. The van der Waals surface area contributed by atoms with Crippen LogP contribution in [0.25, 0.3) is 0 Å². The number of nitrogens with one attached hydrogen (secondary N) is 1. The molecule has 16 heavy (non-hydrogen) atoms. The average Bonchev–Trinajstić information content (AvgIpc) is 3.10. The molecule has 2 fully saturated rings. The lowest BCUT2D eigenvalue weighted by Crippen LogP contribution is -2.43. The van der Waals surface area contributed by atoms with E-state index in [-0.39, 0.29) is 0 Å². The van der Waals surface area contributed by atoms with Crippen molar-refractivity contribution in [2.75, 3.05) is 19.6 Å². The normalized spacial score (nSPS) is 29.4. The highest BCUT2D eigenvalue weighted by atomic mass is 15.2. The fourth-order valence-electron chi connectivity index (χ4n) is 2.79. The van der Waals surface area contributed by atoms with Crippen LogP contribution in [-0.2, 0) is 0 Å². The Morgan fingerprint density at radius 3 is 2.94 bits per heavy atom. The Morgan fingerprint density at radius 2 is 2.31 bits per heavy atom. The van der Waals surface area contributed by atoms with Crippen LogP contribution in [0.3, 0.4) is 0 Å². The van der Waals surface area contributed by atoms with E-state index in [4.69, 9.17) is 6.42 Å².